The summed E-state index contributed by atoms with van der Waals surface area (Å²) >= 11 is 6.06. The highest BCUT2D eigenvalue weighted by Crippen LogP contribution is 2.24. The minimum Gasteiger partial charge on any atom is -0.465 e. The second-order valence-electron chi connectivity index (χ2n) is 7.14. The van der Waals surface area contributed by atoms with Gasteiger partial charge in [-0.3, -0.25) is 9.69 Å². The number of hydrogen-bond donors (Lipinski definition) is 1. The van der Waals surface area contributed by atoms with Crippen molar-refractivity contribution in [2.45, 2.75) is 26.3 Å². The first-order chi connectivity index (χ1) is 13.5. The quantitative estimate of drug-likeness (QED) is 0.761. The molecule has 2 aromatic carbocycles. The number of carbonyl (C=O) groups is 2. The van der Waals surface area contributed by atoms with Gasteiger partial charge in [-0.05, 0) is 68.2 Å². The van der Waals surface area contributed by atoms with Gasteiger partial charge < -0.3 is 10.1 Å². The Labute approximate surface area is 170 Å². The molecule has 1 fully saturated rings. The first-order valence-corrected chi connectivity index (χ1v) is 9.81. The first kappa shape index (κ1) is 20.4. The zero-order valence-corrected chi connectivity index (χ0v) is 17.0. The monoisotopic (exact) mass is 400 g/mol. The van der Waals surface area contributed by atoms with Crippen LogP contribution in [0.3, 0.4) is 0 Å². The molecule has 1 aliphatic rings. The van der Waals surface area contributed by atoms with E-state index in [0.29, 0.717) is 11.3 Å². The zero-order valence-electron chi connectivity index (χ0n) is 16.2. The summed E-state index contributed by atoms with van der Waals surface area (Å²) in [7, 11) is 1.35. The van der Waals surface area contributed by atoms with E-state index in [1.807, 2.05) is 31.2 Å². The van der Waals surface area contributed by atoms with Crippen LogP contribution in [-0.4, -0.2) is 37.0 Å². The normalized spacial score (nSPS) is 15.2. The van der Waals surface area contributed by atoms with Crippen molar-refractivity contribution in [3.8, 4) is 0 Å². The van der Waals surface area contributed by atoms with E-state index in [-0.39, 0.29) is 11.8 Å². The lowest BCUT2D eigenvalue weighted by Crippen LogP contribution is -2.37. The highest BCUT2D eigenvalue weighted by molar-refractivity contribution is 6.30. The third-order valence-corrected chi connectivity index (χ3v) is 5.49. The number of hydrogen-bond acceptors (Lipinski definition) is 4. The lowest BCUT2D eigenvalue weighted by molar-refractivity contribution is -0.121. The molecular formula is C22H25ClN2O3. The number of methoxy groups -OCH3 is 1. The second kappa shape index (κ2) is 9.22. The average Bonchev–Trinajstić information content (AvgIpc) is 2.69. The van der Waals surface area contributed by atoms with Crippen molar-refractivity contribution in [2.75, 3.05) is 25.5 Å². The van der Waals surface area contributed by atoms with Gasteiger partial charge in [-0.1, -0.05) is 29.8 Å². The summed E-state index contributed by atoms with van der Waals surface area (Å²) in [5.41, 5.74) is 3.04. The molecule has 5 nitrogen and oxygen atoms in total. The van der Waals surface area contributed by atoms with Gasteiger partial charge in [-0.2, -0.15) is 0 Å². The Hall–Kier alpha value is -2.37. The van der Waals surface area contributed by atoms with Crippen LogP contribution in [0.2, 0.25) is 5.02 Å². The third-order valence-electron chi connectivity index (χ3n) is 5.25. The van der Waals surface area contributed by atoms with Crippen LogP contribution in [-0.2, 0) is 16.1 Å². The molecule has 148 valence electrons. The number of piperidine rings is 1. The molecule has 1 N–H and O–H groups in total. The van der Waals surface area contributed by atoms with Gasteiger partial charge in [0.25, 0.3) is 0 Å². The van der Waals surface area contributed by atoms with Crippen LogP contribution in [0.25, 0.3) is 0 Å². The van der Waals surface area contributed by atoms with Crippen molar-refractivity contribution in [1.29, 1.82) is 0 Å². The molecule has 0 aromatic heterocycles. The molecule has 28 heavy (non-hydrogen) atoms. The van der Waals surface area contributed by atoms with Crippen LogP contribution in [0.5, 0.6) is 0 Å². The molecule has 2 aromatic rings. The second-order valence-corrected chi connectivity index (χ2v) is 7.58. The number of anilines is 1. The summed E-state index contributed by atoms with van der Waals surface area (Å²) in [6, 6.07) is 13.2. The molecule has 3 rings (SSSR count). The number of carbonyl (C=O) groups excluding carboxylic acids is 2. The van der Waals surface area contributed by atoms with Crippen LogP contribution < -0.4 is 5.32 Å². The lowest BCUT2D eigenvalue weighted by atomic mass is 9.95. The first-order valence-electron chi connectivity index (χ1n) is 9.43. The number of esters is 1. The van der Waals surface area contributed by atoms with Crippen molar-refractivity contribution in [1.82, 2.24) is 4.90 Å². The fourth-order valence-corrected chi connectivity index (χ4v) is 3.80. The minimum absolute atomic E-state index is 0.00696. The predicted molar refractivity (Wildman–Crippen MR) is 111 cm³/mol. The minimum atomic E-state index is -0.400. The molecule has 1 amide bonds. The van der Waals surface area contributed by atoms with E-state index >= 15 is 0 Å². The van der Waals surface area contributed by atoms with Gasteiger partial charge in [0.05, 0.1) is 12.7 Å². The number of ether oxygens (including phenoxy) is 1. The molecule has 0 unspecified atom stereocenters. The number of halogens is 1. The van der Waals surface area contributed by atoms with Gasteiger partial charge in [0.15, 0.2) is 0 Å². The van der Waals surface area contributed by atoms with E-state index in [1.54, 1.807) is 12.1 Å². The van der Waals surface area contributed by atoms with Crippen molar-refractivity contribution >= 4 is 29.2 Å². The Kier molecular flexibility index (Phi) is 6.70. The Morgan fingerprint density at radius 2 is 1.89 bits per heavy atom. The van der Waals surface area contributed by atoms with E-state index in [0.717, 1.165) is 43.1 Å². The van der Waals surface area contributed by atoms with Crippen molar-refractivity contribution in [2.24, 2.45) is 5.92 Å². The zero-order chi connectivity index (χ0) is 20.1. The summed E-state index contributed by atoms with van der Waals surface area (Å²) in [5.74, 6) is -0.424. The maximum absolute atomic E-state index is 12.7. The van der Waals surface area contributed by atoms with E-state index in [2.05, 4.69) is 16.3 Å². The van der Waals surface area contributed by atoms with Crippen molar-refractivity contribution in [3.05, 3.63) is 64.2 Å². The molecule has 1 aliphatic heterocycles. The molecule has 0 radical (unpaired) electrons. The maximum Gasteiger partial charge on any atom is 0.338 e. The Morgan fingerprint density at radius 1 is 1.18 bits per heavy atom. The highest BCUT2D eigenvalue weighted by Gasteiger charge is 2.25. The number of nitrogens with zero attached hydrogens (tertiary/aromatic N) is 1. The number of amides is 1. The molecule has 1 saturated heterocycles. The molecule has 0 saturated carbocycles. The van der Waals surface area contributed by atoms with E-state index in [1.165, 1.54) is 12.7 Å². The fourth-order valence-electron chi connectivity index (χ4n) is 3.58. The molecule has 6 heteroatoms. The van der Waals surface area contributed by atoms with Crippen LogP contribution in [0, 0.1) is 12.8 Å². The Morgan fingerprint density at radius 3 is 2.57 bits per heavy atom. The number of benzene rings is 2. The van der Waals surface area contributed by atoms with Crippen LogP contribution >= 0.6 is 11.6 Å². The summed E-state index contributed by atoms with van der Waals surface area (Å²) in [6.45, 7) is 4.39. The smallest absolute Gasteiger partial charge is 0.338 e. The summed E-state index contributed by atoms with van der Waals surface area (Å²) in [5, 5.41) is 3.74. The molecule has 0 bridgehead atoms. The highest BCUT2D eigenvalue weighted by atomic mass is 35.5. The summed E-state index contributed by atoms with van der Waals surface area (Å²) in [6.07, 6.45) is 1.62. The molecular weight excluding hydrogens is 376 g/mol. The maximum atomic E-state index is 12.7. The molecule has 0 atom stereocenters. The lowest BCUT2D eigenvalue weighted by Gasteiger charge is -2.31. The Balaban J connectivity index is 1.56. The molecule has 0 spiro atoms. The van der Waals surface area contributed by atoms with Crippen LogP contribution in [0.4, 0.5) is 5.69 Å². The van der Waals surface area contributed by atoms with Crippen molar-refractivity contribution in [3.63, 3.8) is 0 Å². The standard InChI is InChI=1S/C22H25ClN2O3/c1-15-19(22(27)28-2)7-4-8-20(15)24-21(26)17-9-11-25(12-10-17)14-16-5-3-6-18(23)13-16/h3-8,13,17H,9-12,14H2,1-2H3,(H,24,26). The summed E-state index contributed by atoms with van der Waals surface area (Å²) in [4.78, 5) is 26.9. The number of nitrogens with one attached hydrogen (secondary N) is 1. The Bertz CT molecular complexity index is 861. The molecule has 0 aliphatic carbocycles. The number of likely N-dealkylation sites (tertiary alicyclic amines) is 1. The topological polar surface area (TPSA) is 58.6 Å². The van der Waals surface area contributed by atoms with Gasteiger partial charge in [0.1, 0.15) is 0 Å². The third kappa shape index (κ3) is 4.91. The van der Waals surface area contributed by atoms with E-state index in [4.69, 9.17) is 16.3 Å². The summed E-state index contributed by atoms with van der Waals surface area (Å²) < 4.78 is 4.80. The molecule has 1 heterocycles. The van der Waals surface area contributed by atoms with E-state index < -0.39 is 5.97 Å². The number of rotatable bonds is 5. The van der Waals surface area contributed by atoms with Crippen molar-refractivity contribution < 1.29 is 14.3 Å². The fraction of sp³-hybridized carbons (Fsp3) is 0.364. The van der Waals surface area contributed by atoms with E-state index in [9.17, 15) is 9.59 Å². The average molecular weight is 401 g/mol. The van der Waals surface area contributed by atoms with Gasteiger partial charge in [-0.25, -0.2) is 4.79 Å². The largest absolute Gasteiger partial charge is 0.465 e. The van der Waals surface area contributed by atoms with Gasteiger partial charge >= 0.3 is 5.97 Å². The van der Waals surface area contributed by atoms with Crippen LogP contribution in [0.15, 0.2) is 42.5 Å². The van der Waals surface area contributed by atoms with Gasteiger partial charge in [0, 0.05) is 23.2 Å². The van der Waals surface area contributed by atoms with Crippen LogP contribution in [0.1, 0.15) is 34.3 Å². The van der Waals surface area contributed by atoms with Gasteiger partial charge in [-0.15, -0.1) is 0 Å². The van der Waals surface area contributed by atoms with Gasteiger partial charge in [0.2, 0.25) is 5.91 Å². The SMILES string of the molecule is COC(=O)c1cccc(NC(=O)C2CCN(Cc3cccc(Cl)c3)CC2)c1C. The predicted octanol–water partition coefficient (Wildman–Crippen LogP) is 4.29.